The molecule has 0 aliphatic heterocycles. The maximum absolute atomic E-state index is 12.2. The lowest BCUT2D eigenvalue weighted by Gasteiger charge is -2.10. The maximum Gasteiger partial charge on any atom is 0.335 e. The standard InChI is InChI=1S/C16H19NO3/c1-10-8-11(4-5-12(10)15(19)20)17-14(18)13-9-16(13)6-2-3-7-16/h4-5,8,13H,2-3,6-7,9H2,1H3,(H,17,18)(H,19,20). The van der Waals surface area contributed by atoms with E-state index in [0.717, 1.165) is 6.42 Å². The number of carboxylic acids is 1. The van der Waals surface area contributed by atoms with Gasteiger partial charge in [0.2, 0.25) is 5.91 Å². The molecular formula is C16H19NO3. The molecule has 3 rings (SSSR count). The molecule has 1 unspecified atom stereocenters. The Hall–Kier alpha value is -1.84. The Labute approximate surface area is 118 Å². The fraction of sp³-hybridized carbons (Fsp3) is 0.500. The minimum atomic E-state index is -0.938. The van der Waals surface area contributed by atoms with Crippen LogP contribution in [-0.4, -0.2) is 17.0 Å². The zero-order chi connectivity index (χ0) is 14.3. The molecule has 4 heteroatoms. The number of hydrogen-bond acceptors (Lipinski definition) is 2. The Morgan fingerprint density at radius 3 is 2.60 bits per heavy atom. The van der Waals surface area contributed by atoms with Crippen LogP contribution in [0.5, 0.6) is 0 Å². The summed E-state index contributed by atoms with van der Waals surface area (Å²) in [6.07, 6.45) is 5.88. The zero-order valence-electron chi connectivity index (χ0n) is 11.6. The predicted octanol–water partition coefficient (Wildman–Crippen LogP) is 3.21. The monoisotopic (exact) mass is 273 g/mol. The summed E-state index contributed by atoms with van der Waals surface area (Å²) in [5.41, 5.74) is 1.93. The summed E-state index contributed by atoms with van der Waals surface area (Å²) < 4.78 is 0. The van der Waals surface area contributed by atoms with E-state index in [9.17, 15) is 9.59 Å². The molecule has 1 amide bonds. The van der Waals surface area contributed by atoms with Crippen molar-refractivity contribution >= 4 is 17.6 Å². The first-order chi connectivity index (χ1) is 9.52. The van der Waals surface area contributed by atoms with E-state index >= 15 is 0 Å². The minimum absolute atomic E-state index is 0.0920. The van der Waals surface area contributed by atoms with Crippen LogP contribution in [0, 0.1) is 18.3 Å². The van der Waals surface area contributed by atoms with Crippen molar-refractivity contribution in [3.63, 3.8) is 0 Å². The summed E-state index contributed by atoms with van der Waals surface area (Å²) >= 11 is 0. The topological polar surface area (TPSA) is 66.4 Å². The molecule has 2 N–H and O–H groups in total. The van der Waals surface area contributed by atoms with Gasteiger partial charge in [-0.25, -0.2) is 4.79 Å². The highest BCUT2D eigenvalue weighted by molar-refractivity contribution is 5.96. The molecule has 4 nitrogen and oxygen atoms in total. The molecule has 2 aliphatic carbocycles. The minimum Gasteiger partial charge on any atom is -0.478 e. The molecule has 1 spiro atoms. The number of carbonyl (C=O) groups is 2. The van der Waals surface area contributed by atoms with Crippen molar-refractivity contribution in [2.24, 2.45) is 11.3 Å². The Balaban J connectivity index is 1.68. The molecule has 0 heterocycles. The summed E-state index contributed by atoms with van der Waals surface area (Å²) in [7, 11) is 0. The summed E-state index contributed by atoms with van der Waals surface area (Å²) in [5, 5.41) is 11.9. The molecule has 2 aliphatic rings. The highest BCUT2D eigenvalue weighted by atomic mass is 16.4. The molecule has 0 radical (unpaired) electrons. The van der Waals surface area contributed by atoms with Gasteiger partial charge in [0.15, 0.2) is 0 Å². The van der Waals surface area contributed by atoms with Crippen LogP contribution in [0.3, 0.4) is 0 Å². The van der Waals surface area contributed by atoms with Crippen LogP contribution in [-0.2, 0) is 4.79 Å². The summed E-state index contributed by atoms with van der Waals surface area (Å²) in [6, 6.07) is 4.94. The van der Waals surface area contributed by atoms with Gasteiger partial charge in [-0.1, -0.05) is 12.8 Å². The van der Waals surface area contributed by atoms with E-state index in [4.69, 9.17) is 5.11 Å². The van der Waals surface area contributed by atoms with Gasteiger partial charge in [0.05, 0.1) is 5.56 Å². The molecule has 0 aromatic heterocycles. The summed E-state index contributed by atoms with van der Waals surface area (Å²) in [5.74, 6) is -0.689. The number of hydrogen-bond donors (Lipinski definition) is 2. The first-order valence-corrected chi connectivity index (χ1v) is 7.17. The van der Waals surface area contributed by atoms with Crippen molar-refractivity contribution in [1.82, 2.24) is 0 Å². The zero-order valence-corrected chi connectivity index (χ0v) is 11.6. The Morgan fingerprint density at radius 1 is 1.30 bits per heavy atom. The van der Waals surface area contributed by atoms with Crippen LogP contribution in [0.4, 0.5) is 5.69 Å². The second kappa shape index (κ2) is 4.62. The third kappa shape index (κ3) is 2.19. The lowest BCUT2D eigenvalue weighted by Crippen LogP contribution is -2.17. The van der Waals surface area contributed by atoms with Crippen molar-refractivity contribution in [2.75, 3.05) is 5.32 Å². The van der Waals surface area contributed by atoms with Gasteiger partial charge in [0, 0.05) is 11.6 Å². The van der Waals surface area contributed by atoms with E-state index in [1.165, 1.54) is 25.7 Å². The van der Waals surface area contributed by atoms with Gasteiger partial charge in [-0.05, 0) is 55.4 Å². The van der Waals surface area contributed by atoms with Gasteiger partial charge in [-0.3, -0.25) is 4.79 Å². The molecule has 1 aromatic carbocycles. The van der Waals surface area contributed by atoms with Crippen LogP contribution < -0.4 is 5.32 Å². The molecule has 0 saturated heterocycles. The largest absolute Gasteiger partial charge is 0.478 e. The molecule has 2 fully saturated rings. The number of aromatic carboxylic acids is 1. The SMILES string of the molecule is Cc1cc(NC(=O)C2CC23CCCC3)ccc1C(=O)O. The van der Waals surface area contributed by atoms with E-state index < -0.39 is 5.97 Å². The van der Waals surface area contributed by atoms with Crippen molar-refractivity contribution in [3.05, 3.63) is 29.3 Å². The molecular weight excluding hydrogens is 254 g/mol. The highest BCUT2D eigenvalue weighted by Gasteiger charge is 2.58. The fourth-order valence-corrected chi connectivity index (χ4v) is 3.56. The lowest BCUT2D eigenvalue weighted by atomic mass is 10.0. The smallest absolute Gasteiger partial charge is 0.335 e. The Bertz CT molecular complexity index is 573. The van der Waals surface area contributed by atoms with Crippen LogP contribution >= 0.6 is 0 Å². The van der Waals surface area contributed by atoms with Crippen LogP contribution in [0.1, 0.15) is 48.0 Å². The van der Waals surface area contributed by atoms with E-state index in [1.54, 1.807) is 25.1 Å². The van der Waals surface area contributed by atoms with E-state index in [2.05, 4.69) is 5.32 Å². The number of carboxylic acid groups (broad SMARTS) is 1. The van der Waals surface area contributed by atoms with E-state index in [0.29, 0.717) is 16.7 Å². The van der Waals surface area contributed by atoms with Crippen molar-refractivity contribution in [3.8, 4) is 0 Å². The van der Waals surface area contributed by atoms with Crippen LogP contribution in [0.2, 0.25) is 0 Å². The molecule has 1 atom stereocenters. The van der Waals surface area contributed by atoms with Gasteiger partial charge >= 0.3 is 5.97 Å². The number of amides is 1. The quantitative estimate of drug-likeness (QED) is 0.888. The average Bonchev–Trinajstić information content (AvgIpc) is 2.87. The molecule has 20 heavy (non-hydrogen) atoms. The average molecular weight is 273 g/mol. The normalized spacial score (nSPS) is 22.8. The lowest BCUT2D eigenvalue weighted by molar-refractivity contribution is -0.118. The summed E-state index contributed by atoms with van der Waals surface area (Å²) in [4.78, 5) is 23.2. The Kier molecular flexibility index (Phi) is 3.04. The van der Waals surface area contributed by atoms with Crippen molar-refractivity contribution < 1.29 is 14.7 Å². The molecule has 1 aromatic rings. The van der Waals surface area contributed by atoms with Gasteiger partial charge in [-0.2, -0.15) is 0 Å². The second-order valence-electron chi connectivity index (χ2n) is 6.15. The Morgan fingerprint density at radius 2 is 2.00 bits per heavy atom. The molecule has 0 bridgehead atoms. The maximum atomic E-state index is 12.2. The number of aryl methyl sites for hydroxylation is 1. The van der Waals surface area contributed by atoms with Gasteiger partial charge < -0.3 is 10.4 Å². The fourth-order valence-electron chi connectivity index (χ4n) is 3.56. The van der Waals surface area contributed by atoms with E-state index in [1.807, 2.05) is 0 Å². The first kappa shape index (κ1) is 13.2. The summed E-state index contributed by atoms with van der Waals surface area (Å²) in [6.45, 7) is 1.74. The van der Waals surface area contributed by atoms with Crippen LogP contribution in [0.25, 0.3) is 0 Å². The first-order valence-electron chi connectivity index (χ1n) is 7.17. The van der Waals surface area contributed by atoms with Gasteiger partial charge in [-0.15, -0.1) is 0 Å². The molecule has 106 valence electrons. The van der Waals surface area contributed by atoms with Gasteiger partial charge in [0.1, 0.15) is 0 Å². The molecule has 2 saturated carbocycles. The number of anilines is 1. The van der Waals surface area contributed by atoms with Crippen LogP contribution in [0.15, 0.2) is 18.2 Å². The third-order valence-electron chi connectivity index (χ3n) is 4.83. The third-order valence-corrected chi connectivity index (χ3v) is 4.83. The number of carbonyl (C=O) groups excluding carboxylic acids is 1. The van der Waals surface area contributed by atoms with Crippen molar-refractivity contribution in [2.45, 2.75) is 39.0 Å². The number of nitrogens with one attached hydrogen (secondary N) is 1. The van der Waals surface area contributed by atoms with E-state index in [-0.39, 0.29) is 17.4 Å². The number of rotatable bonds is 3. The van der Waals surface area contributed by atoms with Crippen molar-refractivity contribution in [1.29, 1.82) is 0 Å². The number of benzene rings is 1. The van der Waals surface area contributed by atoms with Gasteiger partial charge in [0.25, 0.3) is 0 Å². The highest BCUT2D eigenvalue weighted by Crippen LogP contribution is 2.63. The second-order valence-corrected chi connectivity index (χ2v) is 6.15. The predicted molar refractivity (Wildman–Crippen MR) is 75.8 cm³/mol.